The highest BCUT2D eigenvalue weighted by Crippen LogP contribution is 2.25. The standard InChI is InChI=1S/C21H26FN7O2.CH2O2/c1-5-31-20-16(10-23-21(25-20)29-7-6-15(12-29)27(2)3)19(30)24-14-8-13-11-28(4)26-18(13)17(22)9-14;2-1-3/h8-11,15H,5-7,12H2,1-4H3,(H,24,30);1H,(H,2,3)/t15-;/m0./s1. The summed E-state index contributed by atoms with van der Waals surface area (Å²) >= 11 is 0. The van der Waals surface area contributed by atoms with Crippen LogP contribution in [0.15, 0.2) is 24.5 Å². The predicted octanol–water partition coefficient (Wildman–Crippen LogP) is 1.99. The Balaban J connectivity index is 0.00000103. The van der Waals surface area contributed by atoms with E-state index in [-0.39, 0.29) is 23.4 Å². The number of rotatable bonds is 6. The summed E-state index contributed by atoms with van der Waals surface area (Å²) in [5, 5.41) is 14.3. The van der Waals surface area contributed by atoms with E-state index in [1.54, 1.807) is 19.3 Å². The average molecular weight is 474 g/mol. The minimum Gasteiger partial charge on any atom is -0.483 e. The Kier molecular flexibility index (Phi) is 7.95. The molecule has 182 valence electrons. The Hall–Kier alpha value is -3.80. The van der Waals surface area contributed by atoms with E-state index in [0.29, 0.717) is 29.7 Å². The van der Waals surface area contributed by atoms with E-state index in [2.05, 4.69) is 44.3 Å². The van der Waals surface area contributed by atoms with Crippen molar-refractivity contribution in [3.05, 3.63) is 35.9 Å². The maximum absolute atomic E-state index is 14.3. The molecule has 12 heteroatoms. The first-order valence-corrected chi connectivity index (χ1v) is 10.7. The molecule has 4 rings (SSSR count). The molecular formula is C22H28FN7O4. The zero-order valence-electron chi connectivity index (χ0n) is 19.5. The minimum absolute atomic E-state index is 0.195. The predicted molar refractivity (Wildman–Crippen MR) is 125 cm³/mol. The van der Waals surface area contributed by atoms with Crippen LogP contribution in [-0.4, -0.2) is 82.0 Å². The first kappa shape index (κ1) is 24.8. The summed E-state index contributed by atoms with van der Waals surface area (Å²) in [5.74, 6) is -0.229. The molecule has 1 fully saturated rings. The number of carbonyl (C=O) groups excluding carboxylic acids is 1. The fourth-order valence-corrected chi connectivity index (χ4v) is 3.74. The molecule has 0 aliphatic carbocycles. The van der Waals surface area contributed by atoms with Crippen LogP contribution in [0.3, 0.4) is 0 Å². The van der Waals surface area contributed by atoms with Crippen molar-refractivity contribution in [3.63, 3.8) is 0 Å². The number of amides is 1. The molecule has 1 aliphatic rings. The number of carboxylic acid groups (broad SMARTS) is 1. The molecule has 0 saturated carbocycles. The number of anilines is 2. The smallest absolute Gasteiger partial charge is 0.290 e. The number of carbonyl (C=O) groups is 2. The normalized spacial score (nSPS) is 15.2. The summed E-state index contributed by atoms with van der Waals surface area (Å²) in [4.78, 5) is 34.4. The van der Waals surface area contributed by atoms with Crippen molar-refractivity contribution in [2.75, 3.05) is 44.0 Å². The number of aromatic nitrogens is 4. The monoisotopic (exact) mass is 473 g/mol. The molecule has 0 bridgehead atoms. The maximum atomic E-state index is 14.3. The van der Waals surface area contributed by atoms with Gasteiger partial charge in [0.1, 0.15) is 11.1 Å². The van der Waals surface area contributed by atoms with E-state index in [9.17, 15) is 9.18 Å². The number of ether oxygens (including phenoxy) is 1. The van der Waals surface area contributed by atoms with Crippen LogP contribution in [0.25, 0.3) is 10.9 Å². The van der Waals surface area contributed by atoms with E-state index >= 15 is 0 Å². The van der Waals surface area contributed by atoms with E-state index in [1.807, 2.05) is 6.92 Å². The topological polar surface area (TPSA) is 126 Å². The van der Waals surface area contributed by atoms with Gasteiger partial charge in [-0.3, -0.25) is 14.3 Å². The third-order valence-electron chi connectivity index (χ3n) is 5.38. The average Bonchev–Trinajstić information content (AvgIpc) is 3.41. The number of fused-ring (bicyclic) bond motifs is 1. The molecule has 0 radical (unpaired) electrons. The molecule has 11 nitrogen and oxygen atoms in total. The Morgan fingerprint density at radius 1 is 1.41 bits per heavy atom. The number of aryl methyl sites for hydroxylation is 1. The molecule has 3 heterocycles. The molecular weight excluding hydrogens is 445 g/mol. The van der Waals surface area contributed by atoms with E-state index < -0.39 is 11.7 Å². The van der Waals surface area contributed by atoms with E-state index in [0.717, 1.165) is 19.5 Å². The van der Waals surface area contributed by atoms with Gasteiger partial charge in [0.2, 0.25) is 11.8 Å². The first-order chi connectivity index (χ1) is 16.3. The van der Waals surface area contributed by atoms with Gasteiger partial charge in [-0.15, -0.1) is 0 Å². The molecule has 2 N–H and O–H groups in total. The Labute approximate surface area is 196 Å². The van der Waals surface area contributed by atoms with Gasteiger partial charge in [0.15, 0.2) is 5.82 Å². The lowest BCUT2D eigenvalue weighted by molar-refractivity contribution is -0.122. The maximum Gasteiger partial charge on any atom is 0.290 e. The SMILES string of the molecule is CCOc1nc(N2CC[C@H](N(C)C)C2)ncc1C(=O)Nc1cc(F)c2nn(C)cc2c1.O=CO. The second-order valence-electron chi connectivity index (χ2n) is 7.93. The van der Waals surface area contributed by atoms with Crippen LogP contribution in [0.5, 0.6) is 5.88 Å². The molecule has 1 atom stereocenters. The van der Waals surface area contributed by atoms with Crippen molar-refractivity contribution in [2.45, 2.75) is 19.4 Å². The van der Waals surface area contributed by atoms with Crippen LogP contribution >= 0.6 is 0 Å². The fourth-order valence-electron chi connectivity index (χ4n) is 3.74. The van der Waals surface area contributed by atoms with E-state index in [1.165, 1.54) is 16.9 Å². The van der Waals surface area contributed by atoms with Crippen molar-refractivity contribution in [1.29, 1.82) is 0 Å². The Bertz CT molecular complexity index is 1170. The van der Waals surface area contributed by atoms with Gasteiger partial charge in [0.05, 0.1) is 6.61 Å². The summed E-state index contributed by atoms with van der Waals surface area (Å²) in [6.07, 6.45) is 4.17. The van der Waals surface area contributed by atoms with Crippen molar-refractivity contribution in [3.8, 4) is 5.88 Å². The number of nitrogens with one attached hydrogen (secondary N) is 1. The summed E-state index contributed by atoms with van der Waals surface area (Å²) in [6, 6.07) is 3.35. The molecule has 34 heavy (non-hydrogen) atoms. The van der Waals surface area contributed by atoms with Gasteiger partial charge in [-0.05, 0) is 39.6 Å². The van der Waals surface area contributed by atoms with Gasteiger partial charge in [0, 0.05) is 49.6 Å². The van der Waals surface area contributed by atoms with Gasteiger partial charge >= 0.3 is 0 Å². The lowest BCUT2D eigenvalue weighted by atomic mass is 10.2. The first-order valence-electron chi connectivity index (χ1n) is 10.7. The fraction of sp³-hybridized carbons (Fsp3) is 0.409. The second-order valence-corrected chi connectivity index (χ2v) is 7.93. The largest absolute Gasteiger partial charge is 0.483 e. The molecule has 2 aromatic heterocycles. The number of likely N-dealkylation sites (N-methyl/N-ethyl adjacent to an activating group) is 1. The van der Waals surface area contributed by atoms with Gasteiger partial charge < -0.3 is 25.0 Å². The van der Waals surface area contributed by atoms with Gasteiger partial charge in [0.25, 0.3) is 12.4 Å². The van der Waals surface area contributed by atoms with Crippen molar-refractivity contribution in [1.82, 2.24) is 24.6 Å². The lowest BCUT2D eigenvalue weighted by Gasteiger charge is -2.21. The molecule has 1 aliphatic heterocycles. The lowest BCUT2D eigenvalue weighted by Crippen LogP contribution is -2.32. The van der Waals surface area contributed by atoms with E-state index in [4.69, 9.17) is 14.6 Å². The van der Waals surface area contributed by atoms with Crippen LogP contribution < -0.4 is 15.0 Å². The number of benzene rings is 1. The number of hydrogen-bond acceptors (Lipinski definition) is 8. The van der Waals surface area contributed by atoms with Crippen molar-refractivity contribution in [2.24, 2.45) is 7.05 Å². The Morgan fingerprint density at radius 3 is 2.79 bits per heavy atom. The zero-order valence-corrected chi connectivity index (χ0v) is 19.5. The van der Waals surface area contributed by atoms with Gasteiger partial charge in [-0.1, -0.05) is 0 Å². The Morgan fingerprint density at radius 2 is 2.15 bits per heavy atom. The molecule has 0 unspecified atom stereocenters. The quantitative estimate of drug-likeness (QED) is 0.517. The molecule has 1 amide bonds. The molecule has 0 spiro atoms. The summed E-state index contributed by atoms with van der Waals surface area (Å²) in [5.41, 5.74) is 0.772. The van der Waals surface area contributed by atoms with Crippen molar-refractivity contribution < 1.29 is 23.8 Å². The van der Waals surface area contributed by atoms with Gasteiger partial charge in [-0.2, -0.15) is 10.1 Å². The number of hydrogen-bond donors (Lipinski definition) is 2. The third-order valence-corrected chi connectivity index (χ3v) is 5.38. The van der Waals surface area contributed by atoms with Crippen LogP contribution in [0.4, 0.5) is 16.0 Å². The second kappa shape index (κ2) is 10.9. The van der Waals surface area contributed by atoms with Crippen LogP contribution in [0.2, 0.25) is 0 Å². The van der Waals surface area contributed by atoms with Crippen LogP contribution in [0, 0.1) is 5.82 Å². The van der Waals surface area contributed by atoms with Crippen LogP contribution in [0.1, 0.15) is 23.7 Å². The van der Waals surface area contributed by atoms with Crippen LogP contribution in [-0.2, 0) is 11.8 Å². The summed E-state index contributed by atoms with van der Waals surface area (Å²) in [6.45, 7) is 3.58. The number of halogens is 1. The molecule has 3 aromatic rings. The highest BCUT2D eigenvalue weighted by Gasteiger charge is 2.27. The highest BCUT2D eigenvalue weighted by molar-refractivity contribution is 6.06. The van der Waals surface area contributed by atoms with Gasteiger partial charge in [-0.25, -0.2) is 9.37 Å². The number of nitrogens with zero attached hydrogens (tertiary/aromatic N) is 6. The molecule has 1 aromatic carbocycles. The van der Waals surface area contributed by atoms with Crippen molar-refractivity contribution >= 4 is 34.9 Å². The minimum atomic E-state index is -0.505. The summed E-state index contributed by atoms with van der Waals surface area (Å²) in [7, 11) is 5.83. The summed E-state index contributed by atoms with van der Waals surface area (Å²) < 4.78 is 21.5. The molecule has 1 saturated heterocycles. The third kappa shape index (κ3) is 5.57. The zero-order chi connectivity index (χ0) is 24.8. The highest BCUT2D eigenvalue weighted by atomic mass is 19.1.